The summed E-state index contributed by atoms with van der Waals surface area (Å²) in [6.45, 7) is 9.84. The van der Waals surface area contributed by atoms with E-state index in [1.54, 1.807) is 0 Å². The molecule has 0 amide bonds. The van der Waals surface area contributed by atoms with Crippen LogP contribution in [-0.2, 0) is 0 Å². The SMILES string of the molecule is CC(C)(C#N)[NH2+]CCCCCC[NH2+]C(C)(C)C#N. The molecule has 102 valence electrons. The first-order chi connectivity index (χ1) is 8.33. The van der Waals surface area contributed by atoms with E-state index in [9.17, 15) is 0 Å². The van der Waals surface area contributed by atoms with Crippen molar-refractivity contribution in [2.45, 2.75) is 64.5 Å². The molecule has 0 radical (unpaired) electrons. The summed E-state index contributed by atoms with van der Waals surface area (Å²) in [5.41, 5.74) is -0.574. The monoisotopic (exact) mass is 252 g/mol. The maximum absolute atomic E-state index is 8.85. The molecule has 4 N–H and O–H groups in total. The van der Waals surface area contributed by atoms with Gasteiger partial charge < -0.3 is 10.6 Å². The molecule has 0 rings (SSSR count). The summed E-state index contributed by atoms with van der Waals surface area (Å²) < 4.78 is 0. The molecule has 0 saturated carbocycles. The molecule has 0 unspecified atom stereocenters. The van der Waals surface area contributed by atoms with Crippen LogP contribution in [0.15, 0.2) is 0 Å². The Labute approximate surface area is 111 Å². The van der Waals surface area contributed by atoms with Gasteiger partial charge in [0.1, 0.15) is 12.1 Å². The van der Waals surface area contributed by atoms with Gasteiger partial charge in [-0.1, -0.05) is 0 Å². The van der Waals surface area contributed by atoms with Crippen molar-refractivity contribution >= 4 is 0 Å². The summed E-state index contributed by atoms with van der Waals surface area (Å²) in [6.07, 6.45) is 4.73. The van der Waals surface area contributed by atoms with Crippen LogP contribution in [0.3, 0.4) is 0 Å². The average molecular weight is 252 g/mol. The summed E-state index contributed by atoms with van der Waals surface area (Å²) in [4.78, 5) is 0. The minimum atomic E-state index is -0.287. The Morgan fingerprint density at radius 3 is 1.33 bits per heavy atom. The molecule has 18 heavy (non-hydrogen) atoms. The van der Waals surface area contributed by atoms with Crippen molar-refractivity contribution in [2.75, 3.05) is 13.1 Å². The van der Waals surface area contributed by atoms with Gasteiger partial charge in [0.25, 0.3) is 0 Å². The molecule has 0 atom stereocenters. The highest BCUT2D eigenvalue weighted by Crippen LogP contribution is 1.97. The van der Waals surface area contributed by atoms with E-state index in [0.29, 0.717) is 0 Å². The minimum Gasteiger partial charge on any atom is -0.330 e. The molecule has 0 fully saturated rings. The van der Waals surface area contributed by atoms with E-state index in [4.69, 9.17) is 10.5 Å². The molecule has 0 spiro atoms. The number of quaternary nitrogens is 2. The topological polar surface area (TPSA) is 80.8 Å². The largest absolute Gasteiger partial charge is 0.330 e. The minimum absolute atomic E-state index is 0.287. The predicted octanol–water partition coefficient (Wildman–Crippen LogP) is 0.278. The number of nitrogens with zero attached hydrogens (tertiary/aromatic N) is 2. The van der Waals surface area contributed by atoms with Crippen molar-refractivity contribution in [3.8, 4) is 12.1 Å². The highest BCUT2D eigenvalue weighted by atomic mass is 14.9. The normalized spacial score (nSPS) is 11.9. The van der Waals surface area contributed by atoms with Crippen molar-refractivity contribution in [3.63, 3.8) is 0 Å². The summed E-state index contributed by atoms with van der Waals surface area (Å²) in [7, 11) is 0. The molecule has 0 bridgehead atoms. The van der Waals surface area contributed by atoms with E-state index in [0.717, 1.165) is 25.9 Å². The number of unbranched alkanes of at least 4 members (excludes halogenated alkanes) is 3. The lowest BCUT2D eigenvalue weighted by atomic mass is 10.1. The zero-order valence-corrected chi connectivity index (χ0v) is 12.3. The second kappa shape index (κ2) is 8.08. The molecule has 0 saturated heterocycles. The Bertz CT molecular complexity index is 275. The summed E-state index contributed by atoms with van der Waals surface area (Å²) in [5, 5.41) is 21.9. The maximum Gasteiger partial charge on any atom is 0.177 e. The first kappa shape index (κ1) is 16.9. The smallest absolute Gasteiger partial charge is 0.177 e. The number of hydrogen-bond acceptors (Lipinski definition) is 2. The van der Waals surface area contributed by atoms with Gasteiger partial charge in [0, 0.05) is 27.7 Å². The number of nitriles is 2. The lowest BCUT2D eigenvalue weighted by Gasteiger charge is -2.14. The van der Waals surface area contributed by atoms with E-state index < -0.39 is 0 Å². The van der Waals surface area contributed by atoms with Crippen LogP contribution in [0.5, 0.6) is 0 Å². The molecule has 0 aliphatic rings. The van der Waals surface area contributed by atoms with Crippen molar-refractivity contribution in [3.05, 3.63) is 0 Å². The van der Waals surface area contributed by atoms with Crippen LogP contribution >= 0.6 is 0 Å². The lowest BCUT2D eigenvalue weighted by Crippen LogP contribution is -2.95. The fourth-order valence-electron chi connectivity index (χ4n) is 1.66. The molecular weight excluding hydrogens is 224 g/mol. The first-order valence-electron chi connectivity index (χ1n) is 6.84. The Morgan fingerprint density at radius 1 is 0.722 bits per heavy atom. The second-order valence-electron chi connectivity index (χ2n) is 6.07. The molecule has 0 aromatic rings. The van der Waals surface area contributed by atoms with Crippen LogP contribution in [0.2, 0.25) is 0 Å². The predicted molar refractivity (Wildman–Crippen MR) is 71.4 cm³/mol. The zero-order valence-electron chi connectivity index (χ0n) is 12.3. The van der Waals surface area contributed by atoms with Crippen LogP contribution in [0, 0.1) is 22.7 Å². The standard InChI is InChI=1S/C14H26N4/c1-13(2,11-15)17-9-7-5-6-8-10-18-14(3,4)12-16/h17-18H,5-10H2,1-4H3/p+2. The number of nitrogens with two attached hydrogens (primary N) is 2. The number of hydrogen-bond donors (Lipinski definition) is 2. The van der Waals surface area contributed by atoms with Crippen molar-refractivity contribution in [2.24, 2.45) is 0 Å². The molecule has 0 aliphatic carbocycles. The van der Waals surface area contributed by atoms with Crippen molar-refractivity contribution in [1.82, 2.24) is 0 Å². The third-order valence-corrected chi connectivity index (χ3v) is 3.04. The number of rotatable bonds is 9. The van der Waals surface area contributed by atoms with Gasteiger partial charge >= 0.3 is 0 Å². The molecule has 0 heterocycles. The fourth-order valence-corrected chi connectivity index (χ4v) is 1.66. The molecule has 0 aromatic heterocycles. The maximum atomic E-state index is 8.85. The van der Waals surface area contributed by atoms with Crippen LogP contribution in [0.1, 0.15) is 53.4 Å². The Kier molecular flexibility index (Phi) is 7.59. The molecule has 0 aromatic carbocycles. The van der Waals surface area contributed by atoms with E-state index in [2.05, 4.69) is 22.8 Å². The van der Waals surface area contributed by atoms with Crippen LogP contribution in [0.4, 0.5) is 0 Å². The molecule has 0 aliphatic heterocycles. The van der Waals surface area contributed by atoms with E-state index in [1.807, 2.05) is 27.7 Å². The van der Waals surface area contributed by atoms with Gasteiger partial charge in [-0.3, -0.25) is 0 Å². The highest BCUT2D eigenvalue weighted by Gasteiger charge is 2.19. The quantitative estimate of drug-likeness (QED) is 0.578. The lowest BCUT2D eigenvalue weighted by molar-refractivity contribution is -0.708. The van der Waals surface area contributed by atoms with Gasteiger partial charge in [-0.2, -0.15) is 10.5 Å². The van der Waals surface area contributed by atoms with Gasteiger partial charge in [-0.05, 0) is 25.7 Å². The third kappa shape index (κ3) is 8.98. The fraction of sp³-hybridized carbons (Fsp3) is 0.857. The van der Waals surface area contributed by atoms with Gasteiger partial charge in [-0.25, -0.2) is 0 Å². The molecule has 4 nitrogen and oxygen atoms in total. The highest BCUT2D eigenvalue weighted by molar-refractivity contribution is 4.91. The Balaban J connectivity index is 3.39. The molecule has 4 heteroatoms. The Morgan fingerprint density at radius 2 is 1.06 bits per heavy atom. The Hall–Kier alpha value is -1.10. The van der Waals surface area contributed by atoms with Gasteiger partial charge in [-0.15, -0.1) is 0 Å². The molecular formula is C14H28N4+2. The van der Waals surface area contributed by atoms with Crippen LogP contribution < -0.4 is 10.6 Å². The second-order valence-corrected chi connectivity index (χ2v) is 6.07. The first-order valence-corrected chi connectivity index (χ1v) is 6.84. The van der Waals surface area contributed by atoms with Gasteiger partial charge in [0.15, 0.2) is 11.1 Å². The van der Waals surface area contributed by atoms with Crippen LogP contribution in [0.25, 0.3) is 0 Å². The van der Waals surface area contributed by atoms with E-state index in [1.165, 1.54) is 12.8 Å². The van der Waals surface area contributed by atoms with E-state index in [-0.39, 0.29) is 11.1 Å². The zero-order chi connectivity index (χ0) is 14.1. The van der Waals surface area contributed by atoms with Gasteiger partial charge in [0.05, 0.1) is 13.1 Å². The summed E-state index contributed by atoms with van der Waals surface area (Å²) in [6, 6.07) is 4.57. The third-order valence-electron chi connectivity index (χ3n) is 3.04. The summed E-state index contributed by atoms with van der Waals surface area (Å²) >= 11 is 0. The van der Waals surface area contributed by atoms with Crippen molar-refractivity contribution in [1.29, 1.82) is 10.5 Å². The van der Waals surface area contributed by atoms with E-state index >= 15 is 0 Å². The summed E-state index contributed by atoms with van der Waals surface area (Å²) in [5.74, 6) is 0. The van der Waals surface area contributed by atoms with Crippen molar-refractivity contribution < 1.29 is 10.6 Å². The van der Waals surface area contributed by atoms with Crippen LogP contribution in [-0.4, -0.2) is 24.2 Å². The van der Waals surface area contributed by atoms with Gasteiger partial charge in [0.2, 0.25) is 0 Å². The average Bonchev–Trinajstić information content (AvgIpc) is 2.32.